The van der Waals surface area contributed by atoms with Crippen molar-refractivity contribution in [1.29, 1.82) is 0 Å². The zero-order chi connectivity index (χ0) is 18.7. The van der Waals surface area contributed by atoms with E-state index in [1.807, 2.05) is 39.8 Å². The predicted octanol–water partition coefficient (Wildman–Crippen LogP) is 5.28. The highest BCUT2D eigenvalue weighted by Gasteiger charge is 2.21. The zero-order valence-corrected chi connectivity index (χ0v) is 16.5. The van der Waals surface area contributed by atoms with Crippen LogP contribution in [-0.2, 0) is 4.74 Å². The summed E-state index contributed by atoms with van der Waals surface area (Å²) >= 11 is 8.84. The van der Waals surface area contributed by atoms with Crippen molar-refractivity contribution >= 4 is 37.2 Å². The van der Waals surface area contributed by atoms with Gasteiger partial charge in [-0.1, -0.05) is 24.3 Å². The van der Waals surface area contributed by atoms with E-state index < -0.39 is 11.9 Å². The van der Waals surface area contributed by atoms with E-state index in [0.717, 1.165) is 22.3 Å². The molecule has 3 nitrogen and oxygen atoms in total. The van der Waals surface area contributed by atoms with E-state index in [9.17, 15) is 9.59 Å². The second-order valence-corrected chi connectivity index (χ2v) is 7.62. The average Bonchev–Trinajstić information content (AvgIpc) is 2.54. The summed E-state index contributed by atoms with van der Waals surface area (Å²) in [5, 5.41) is -0.0292. The lowest BCUT2D eigenvalue weighted by Crippen LogP contribution is -2.16. The van der Waals surface area contributed by atoms with Crippen molar-refractivity contribution in [3.63, 3.8) is 0 Å². The molecule has 0 aliphatic rings. The van der Waals surface area contributed by atoms with Gasteiger partial charge in [-0.15, -0.1) is 0 Å². The van der Waals surface area contributed by atoms with E-state index >= 15 is 0 Å². The average molecular weight is 375 g/mol. The van der Waals surface area contributed by atoms with Crippen LogP contribution in [0.4, 0.5) is 0 Å². The lowest BCUT2D eigenvalue weighted by atomic mass is 9.99. The molecule has 5 heteroatoms. The molecule has 0 N–H and O–H groups in total. The Balaban J connectivity index is 2.29. The van der Waals surface area contributed by atoms with Gasteiger partial charge in [-0.25, -0.2) is 9.59 Å². The van der Waals surface area contributed by atoms with Crippen molar-refractivity contribution < 1.29 is 14.3 Å². The summed E-state index contributed by atoms with van der Waals surface area (Å²) < 4.78 is 5.13. The fourth-order valence-corrected chi connectivity index (χ4v) is 3.41. The molecule has 132 valence electrons. The molecule has 0 spiro atoms. The number of carbonyl (C=O) groups excluding carboxylic acids is 2. The van der Waals surface area contributed by atoms with Crippen LogP contribution in [0.15, 0.2) is 36.4 Å². The Hall–Kier alpha value is -1.72. The summed E-state index contributed by atoms with van der Waals surface area (Å²) in [5.41, 5.74) is 4.18. The number of rotatable bonds is 4. The monoisotopic (exact) mass is 374 g/mol. The molecule has 0 aromatic heterocycles. The first kappa shape index (κ1) is 19.6. The highest BCUT2D eigenvalue weighted by Crippen LogP contribution is 2.27. The van der Waals surface area contributed by atoms with Gasteiger partial charge in [0.1, 0.15) is 0 Å². The molecule has 0 aliphatic carbocycles. The number of hydrogen-bond acceptors (Lipinski definition) is 5. The van der Waals surface area contributed by atoms with Crippen molar-refractivity contribution in [2.75, 3.05) is 0 Å². The molecular weight excluding hydrogens is 352 g/mol. The van der Waals surface area contributed by atoms with Crippen LogP contribution in [0, 0.1) is 13.8 Å². The number of benzene rings is 2. The largest absolute Gasteiger partial charge is 0.386 e. The highest BCUT2D eigenvalue weighted by molar-refractivity contribution is 7.80. The van der Waals surface area contributed by atoms with E-state index in [0.29, 0.717) is 11.1 Å². The third kappa shape index (κ3) is 4.28. The van der Waals surface area contributed by atoms with E-state index in [1.54, 1.807) is 24.3 Å². The Labute approximate surface area is 159 Å². The van der Waals surface area contributed by atoms with Crippen LogP contribution in [0.3, 0.4) is 0 Å². The Morgan fingerprint density at radius 1 is 0.800 bits per heavy atom. The molecule has 2 atom stereocenters. The topological polar surface area (TPSA) is 43.4 Å². The molecule has 2 aromatic rings. The van der Waals surface area contributed by atoms with Crippen LogP contribution in [0.25, 0.3) is 0 Å². The van der Waals surface area contributed by atoms with Crippen LogP contribution in [0.1, 0.15) is 67.3 Å². The Morgan fingerprint density at radius 3 is 1.48 bits per heavy atom. The second kappa shape index (κ2) is 8.11. The fraction of sp³-hybridized carbons (Fsp3) is 0.300. The first-order chi connectivity index (χ1) is 11.7. The van der Waals surface area contributed by atoms with Crippen molar-refractivity contribution in [2.45, 2.75) is 38.2 Å². The van der Waals surface area contributed by atoms with Crippen molar-refractivity contribution in [1.82, 2.24) is 0 Å². The number of esters is 2. The van der Waals surface area contributed by atoms with Gasteiger partial charge in [0.15, 0.2) is 0 Å². The molecule has 2 unspecified atom stereocenters. The van der Waals surface area contributed by atoms with Gasteiger partial charge in [0.05, 0.1) is 11.1 Å². The van der Waals surface area contributed by atoms with Gasteiger partial charge in [-0.3, -0.25) is 0 Å². The van der Waals surface area contributed by atoms with Gasteiger partial charge >= 0.3 is 11.9 Å². The number of thiol groups is 2. The standard InChI is InChI=1S/C20H22O3S2/c1-11-15(13(3)24)7-5-9-17(11)19(21)23-20(22)18-10-6-8-16(12(18)2)14(4)25/h5-10,13-14,24-25H,1-4H3. The third-order valence-electron chi connectivity index (χ3n) is 4.28. The van der Waals surface area contributed by atoms with Crippen LogP contribution < -0.4 is 0 Å². The summed E-state index contributed by atoms with van der Waals surface area (Å²) in [4.78, 5) is 24.9. The van der Waals surface area contributed by atoms with Crippen LogP contribution in [0.5, 0.6) is 0 Å². The molecule has 0 heterocycles. The Morgan fingerprint density at radius 2 is 1.16 bits per heavy atom. The summed E-state index contributed by atoms with van der Waals surface area (Å²) in [5.74, 6) is -1.30. The Bertz CT molecular complexity index is 743. The quantitative estimate of drug-likeness (QED) is 0.434. The second-order valence-electron chi connectivity index (χ2n) is 6.07. The van der Waals surface area contributed by atoms with Gasteiger partial charge in [-0.2, -0.15) is 25.3 Å². The molecule has 0 saturated carbocycles. The van der Waals surface area contributed by atoms with Gasteiger partial charge in [0.2, 0.25) is 0 Å². The number of hydrogen-bond donors (Lipinski definition) is 2. The van der Waals surface area contributed by atoms with Gasteiger partial charge in [-0.05, 0) is 62.1 Å². The van der Waals surface area contributed by atoms with Gasteiger partial charge in [0.25, 0.3) is 0 Å². The van der Waals surface area contributed by atoms with Crippen LogP contribution in [-0.4, -0.2) is 11.9 Å². The minimum atomic E-state index is -0.651. The zero-order valence-electron chi connectivity index (χ0n) is 14.7. The summed E-state index contributed by atoms with van der Waals surface area (Å²) in [6.45, 7) is 7.52. The molecule has 0 amide bonds. The smallest absolute Gasteiger partial charge is 0.346 e. The van der Waals surface area contributed by atoms with Crippen molar-refractivity contribution in [3.05, 3.63) is 69.8 Å². The van der Waals surface area contributed by atoms with Gasteiger partial charge in [0, 0.05) is 10.5 Å². The van der Waals surface area contributed by atoms with E-state index in [2.05, 4.69) is 25.3 Å². The van der Waals surface area contributed by atoms with E-state index in [4.69, 9.17) is 4.74 Å². The minimum Gasteiger partial charge on any atom is -0.386 e. The number of ether oxygens (including phenoxy) is 1. The van der Waals surface area contributed by atoms with Gasteiger partial charge < -0.3 is 4.74 Å². The minimum absolute atomic E-state index is 0.0146. The molecule has 2 aromatic carbocycles. The lowest BCUT2D eigenvalue weighted by Gasteiger charge is -2.14. The first-order valence-electron chi connectivity index (χ1n) is 8.05. The van der Waals surface area contributed by atoms with E-state index in [-0.39, 0.29) is 10.5 Å². The summed E-state index contributed by atoms with van der Waals surface area (Å²) in [6.07, 6.45) is 0. The van der Waals surface area contributed by atoms with Crippen LogP contribution >= 0.6 is 25.3 Å². The molecule has 0 aliphatic heterocycles. The summed E-state index contributed by atoms with van der Waals surface area (Å²) in [7, 11) is 0. The molecular formula is C20H22O3S2. The highest BCUT2D eigenvalue weighted by atomic mass is 32.1. The summed E-state index contributed by atoms with van der Waals surface area (Å²) in [6, 6.07) is 10.7. The Kier molecular flexibility index (Phi) is 6.36. The van der Waals surface area contributed by atoms with E-state index in [1.165, 1.54) is 0 Å². The normalized spacial score (nSPS) is 13.2. The molecule has 2 rings (SSSR count). The predicted molar refractivity (Wildman–Crippen MR) is 107 cm³/mol. The maximum absolute atomic E-state index is 12.5. The van der Waals surface area contributed by atoms with Crippen molar-refractivity contribution in [2.24, 2.45) is 0 Å². The molecule has 0 fully saturated rings. The first-order valence-corrected chi connectivity index (χ1v) is 9.09. The molecule has 0 saturated heterocycles. The van der Waals surface area contributed by atoms with Crippen molar-refractivity contribution in [3.8, 4) is 0 Å². The lowest BCUT2D eigenvalue weighted by molar-refractivity contribution is 0.0396. The number of carbonyl (C=O) groups is 2. The fourth-order valence-electron chi connectivity index (χ4n) is 2.85. The third-order valence-corrected chi connectivity index (χ3v) is 4.83. The molecule has 0 radical (unpaired) electrons. The maximum atomic E-state index is 12.5. The maximum Gasteiger partial charge on any atom is 0.346 e. The molecule has 25 heavy (non-hydrogen) atoms. The SMILES string of the molecule is Cc1c(C(=O)OC(=O)c2cccc(C(C)S)c2C)cccc1C(C)S. The molecule has 0 bridgehead atoms. The van der Waals surface area contributed by atoms with Crippen LogP contribution in [0.2, 0.25) is 0 Å².